The molecule has 0 aliphatic heterocycles. The van der Waals surface area contributed by atoms with Crippen LogP contribution in [0.5, 0.6) is 0 Å². The highest BCUT2D eigenvalue weighted by atomic mass is 19.1. The number of benzene rings is 1. The lowest BCUT2D eigenvalue weighted by atomic mass is 9.80. The van der Waals surface area contributed by atoms with E-state index in [9.17, 15) is 14.5 Å². The summed E-state index contributed by atoms with van der Waals surface area (Å²) in [6, 6.07) is 9.45. The highest BCUT2D eigenvalue weighted by Crippen LogP contribution is 2.06. The van der Waals surface area contributed by atoms with Gasteiger partial charge in [0.2, 0.25) is 0 Å². The molecule has 0 saturated carbocycles. The molecule has 0 fully saturated rings. The van der Waals surface area contributed by atoms with Gasteiger partial charge >= 0.3 is 28.5 Å². The second-order valence-corrected chi connectivity index (χ2v) is 7.52. The first kappa shape index (κ1) is 34.0. The largest absolute Gasteiger partial charge is 0.491 e. The Morgan fingerprint density at radius 3 is 1.70 bits per heavy atom. The van der Waals surface area contributed by atoms with Crippen LogP contribution >= 0.6 is 0 Å². The summed E-state index contributed by atoms with van der Waals surface area (Å²) in [5.74, 6) is -0.578. The zero-order chi connectivity index (χ0) is 30.2. The van der Waals surface area contributed by atoms with E-state index in [0.29, 0.717) is 10.9 Å². The van der Waals surface area contributed by atoms with E-state index in [-0.39, 0.29) is 16.6 Å². The van der Waals surface area contributed by atoms with E-state index in [2.05, 4.69) is 15.1 Å². The van der Waals surface area contributed by atoms with Crippen molar-refractivity contribution in [1.29, 1.82) is 0 Å². The number of aryl methyl sites for hydroxylation is 1. The summed E-state index contributed by atoms with van der Waals surface area (Å²) >= 11 is 0. The lowest BCUT2D eigenvalue weighted by Crippen LogP contribution is -2.30. The molecular weight excluding hydrogens is 532 g/mol. The van der Waals surface area contributed by atoms with Crippen LogP contribution in [0.4, 0.5) is 10.1 Å². The van der Waals surface area contributed by atoms with E-state index < -0.39 is 39.2 Å². The summed E-state index contributed by atoms with van der Waals surface area (Å²) in [6.45, 7) is 0. The van der Waals surface area contributed by atoms with Crippen LogP contribution in [-0.4, -0.2) is 93.3 Å². The number of hydrogen-bond donors (Lipinski definition) is 8. The van der Waals surface area contributed by atoms with Crippen LogP contribution in [-0.2, 0) is 7.05 Å². The monoisotopic (exact) mass is 557 g/mol. The Kier molecular flexibility index (Phi) is 14.9. The Morgan fingerprint density at radius 2 is 1.32 bits per heavy atom. The molecule has 0 aliphatic carbocycles. The molecule has 0 bridgehead atoms. The maximum absolute atomic E-state index is 12.2. The molecule has 0 saturated heterocycles. The van der Waals surface area contributed by atoms with Crippen molar-refractivity contribution in [2.24, 2.45) is 7.05 Å². The van der Waals surface area contributed by atoms with Crippen molar-refractivity contribution in [3.63, 3.8) is 0 Å². The molecule has 0 amide bonds. The Hall–Kier alpha value is -4.00. The molecule has 20 heteroatoms. The first-order chi connectivity index (χ1) is 18.8. The van der Waals surface area contributed by atoms with Crippen LogP contribution in [0.2, 0.25) is 0 Å². The molecule has 40 heavy (non-hydrogen) atoms. The van der Waals surface area contributed by atoms with E-state index in [1.807, 2.05) is 0 Å². The minimum atomic E-state index is -1.66. The lowest BCUT2D eigenvalue weighted by Gasteiger charge is -1.97. The van der Waals surface area contributed by atoms with Gasteiger partial charge < -0.3 is 40.2 Å². The summed E-state index contributed by atoms with van der Waals surface area (Å²) in [5.41, 5.74) is 0.847. The van der Waals surface area contributed by atoms with Gasteiger partial charge in [-0.3, -0.25) is 24.8 Å². The molecule has 8 N–H and O–H groups in total. The number of nitro benzene ring substituents is 1. The standard InChI is InChI=1S/C6H6BNO4.C5H5BFNO2.C5H6BNO2.C4H7BN2O2/c9-7(10)5-2-1-3-6(4-5)8(11)12;7-5-1-4(6(9)10)2-8-3-5;8-6(9)5-2-1-3-7-4-5;1-7-3-4(2-6-7)5(8)9/h1-4,9-10H;1-3,9-10H;1-4,8-9H;2-3,8-9H,1H3. The Labute approximate surface area is 228 Å². The van der Waals surface area contributed by atoms with Gasteiger partial charge in [-0.1, -0.05) is 18.2 Å². The van der Waals surface area contributed by atoms with Gasteiger partial charge in [0.25, 0.3) is 5.69 Å². The first-order valence-corrected chi connectivity index (χ1v) is 11.0. The summed E-state index contributed by atoms with van der Waals surface area (Å²) in [4.78, 5) is 16.7. The molecule has 3 heterocycles. The van der Waals surface area contributed by atoms with Gasteiger partial charge in [-0.05, 0) is 17.6 Å². The SMILES string of the molecule is Cn1cc(B(O)O)cn1.O=[N+]([O-])c1cccc(B(O)O)c1.OB(O)c1cccnc1.OB(O)c1cncc(F)c1. The second-order valence-electron chi connectivity index (χ2n) is 7.52. The Morgan fingerprint density at radius 1 is 0.750 bits per heavy atom. The zero-order valence-electron chi connectivity index (χ0n) is 20.8. The fourth-order valence-electron chi connectivity index (χ4n) is 2.47. The Bertz CT molecular complexity index is 1310. The Balaban J connectivity index is 0.000000269. The molecule has 0 atom stereocenters. The number of nitro groups is 1. The van der Waals surface area contributed by atoms with E-state index in [4.69, 9.17) is 40.2 Å². The molecule has 208 valence electrons. The maximum atomic E-state index is 12.2. The van der Waals surface area contributed by atoms with Crippen LogP contribution in [0.1, 0.15) is 0 Å². The molecule has 0 aliphatic rings. The molecule has 1 aromatic carbocycles. The van der Waals surface area contributed by atoms with E-state index in [1.165, 1.54) is 41.5 Å². The van der Waals surface area contributed by atoms with Crippen molar-refractivity contribution in [2.45, 2.75) is 0 Å². The summed E-state index contributed by atoms with van der Waals surface area (Å²) in [6.07, 6.45) is 8.12. The summed E-state index contributed by atoms with van der Waals surface area (Å²) < 4.78 is 13.8. The smallest absolute Gasteiger partial charge is 0.423 e. The molecule has 0 unspecified atom stereocenters. The average Bonchev–Trinajstić information content (AvgIpc) is 3.37. The van der Waals surface area contributed by atoms with Crippen LogP contribution < -0.4 is 21.9 Å². The van der Waals surface area contributed by atoms with Crippen molar-refractivity contribution >= 4 is 56.0 Å². The van der Waals surface area contributed by atoms with Crippen molar-refractivity contribution in [1.82, 2.24) is 19.7 Å². The molecule has 3 aromatic heterocycles. The third kappa shape index (κ3) is 13.2. The van der Waals surface area contributed by atoms with Crippen molar-refractivity contribution < 1.29 is 49.5 Å². The molecule has 0 spiro atoms. The van der Waals surface area contributed by atoms with E-state index >= 15 is 0 Å². The predicted octanol–water partition coefficient (Wildman–Crippen LogP) is -4.96. The number of rotatable bonds is 5. The fourth-order valence-corrected chi connectivity index (χ4v) is 2.47. The third-order valence-corrected chi connectivity index (χ3v) is 4.41. The number of non-ortho nitro benzene ring substituents is 1. The lowest BCUT2D eigenvalue weighted by molar-refractivity contribution is -0.384. The van der Waals surface area contributed by atoms with Gasteiger partial charge in [0, 0.05) is 66.6 Å². The van der Waals surface area contributed by atoms with Gasteiger partial charge in [-0.25, -0.2) is 4.39 Å². The number of nitrogens with zero attached hydrogens (tertiary/aromatic N) is 5. The maximum Gasteiger partial charge on any atom is 0.491 e. The van der Waals surface area contributed by atoms with Gasteiger partial charge in [0.05, 0.1) is 11.1 Å². The number of halogens is 1. The van der Waals surface area contributed by atoms with Crippen LogP contribution in [0.3, 0.4) is 0 Å². The molecular formula is C20H24B4FN5O10. The minimum Gasteiger partial charge on any atom is -0.423 e. The molecule has 4 rings (SSSR count). The quantitative estimate of drug-likeness (QED) is 0.0652. The van der Waals surface area contributed by atoms with E-state index in [1.54, 1.807) is 31.6 Å². The van der Waals surface area contributed by atoms with Crippen LogP contribution in [0, 0.1) is 15.9 Å². The predicted molar refractivity (Wildman–Crippen MR) is 144 cm³/mol. The summed E-state index contributed by atoms with van der Waals surface area (Å²) in [5, 5.41) is 82.4. The topological polar surface area (TPSA) is 249 Å². The number of pyridine rings is 2. The van der Waals surface area contributed by atoms with Crippen LogP contribution in [0.15, 0.2) is 79.6 Å². The summed E-state index contributed by atoms with van der Waals surface area (Å²) in [7, 11) is -4.41. The molecule has 0 radical (unpaired) electrons. The second kappa shape index (κ2) is 17.6. The molecule has 15 nitrogen and oxygen atoms in total. The van der Waals surface area contributed by atoms with Crippen molar-refractivity contribution in [2.75, 3.05) is 0 Å². The van der Waals surface area contributed by atoms with Gasteiger partial charge in [-0.2, -0.15) is 5.10 Å². The van der Waals surface area contributed by atoms with Gasteiger partial charge in [0.1, 0.15) is 5.82 Å². The fraction of sp³-hybridized carbons (Fsp3) is 0.0500. The highest BCUT2D eigenvalue weighted by Gasteiger charge is 2.14. The first-order valence-electron chi connectivity index (χ1n) is 11.0. The number of aromatic nitrogens is 4. The van der Waals surface area contributed by atoms with Crippen LogP contribution in [0.25, 0.3) is 0 Å². The minimum absolute atomic E-state index is 0.0556. The van der Waals surface area contributed by atoms with Crippen molar-refractivity contribution in [3.8, 4) is 0 Å². The highest BCUT2D eigenvalue weighted by molar-refractivity contribution is 6.59. The zero-order valence-corrected chi connectivity index (χ0v) is 20.8. The molecule has 4 aromatic rings. The number of hydrogen-bond acceptors (Lipinski definition) is 13. The van der Waals surface area contributed by atoms with Gasteiger partial charge in [-0.15, -0.1) is 0 Å². The normalized spacial score (nSPS) is 9.45. The third-order valence-electron chi connectivity index (χ3n) is 4.41. The van der Waals surface area contributed by atoms with Gasteiger partial charge in [0.15, 0.2) is 0 Å². The average molecular weight is 557 g/mol. The van der Waals surface area contributed by atoms with E-state index in [0.717, 1.165) is 18.3 Å². The van der Waals surface area contributed by atoms with Crippen molar-refractivity contribution in [3.05, 3.63) is 95.6 Å².